The summed E-state index contributed by atoms with van der Waals surface area (Å²) in [4.78, 5) is 35.9. The van der Waals surface area contributed by atoms with E-state index in [2.05, 4.69) is 27.4 Å². The maximum absolute atomic E-state index is 12.8. The van der Waals surface area contributed by atoms with Gasteiger partial charge in [0, 0.05) is 24.6 Å². The third-order valence-corrected chi connectivity index (χ3v) is 7.12. The highest BCUT2D eigenvalue weighted by Gasteiger charge is 2.42. The number of carbonyl (C=O) groups is 2. The van der Waals surface area contributed by atoms with Gasteiger partial charge in [0.1, 0.15) is 23.0 Å². The highest BCUT2D eigenvalue weighted by Crippen LogP contribution is 2.37. The second kappa shape index (κ2) is 16.1. The fraction of sp³-hybridized carbons (Fsp3) is 0.667. The van der Waals surface area contributed by atoms with Gasteiger partial charge in [0.05, 0.1) is 6.61 Å². The van der Waals surface area contributed by atoms with Crippen LogP contribution >= 0.6 is 0 Å². The average molecular weight is 630 g/mol. The lowest BCUT2D eigenvalue weighted by Gasteiger charge is -2.28. The van der Waals surface area contributed by atoms with Gasteiger partial charge in [-0.2, -0.15) is 4.98 Å². The predicted molar refractivity (Wildman–Crippen MR) is 171 cm³/mol. The zero-order valence-electron chi connectivity index (χ0n) is 28.1. The molecule has 0 unspecified atom stereocenters. The minimum atomic E-state index is -0.889. The summed E-state index contributed by atoms with van der Waals surface area (Å²) in [7, 11) is 0. The lowest BCUT2D eigenvalue weighted by molar-refractivity contribution is 0.0551. The molecule has 1 fully saturated rings. The number of amides is 2. The molecular weight excluding hydrogens is 578 g/mol. The van der Waals surface area contributed by atoms with Crippen LogP contribution in [0.1, 0.15) is 111 Å². The van der Waals surface area contributed by atoms with Crippen LogP contribution in [0.25, 0.3) is 11.4 Å². The molecule has 2 aromatic rings. The largest absolute Gasteiger partial charge is 0.493 e. The summed E-state index contributed by atoms with van der Waals surface area (Å²) < 4.78 is 22.5. The third-order valence-electron chi connectivity index (χ3n) is 7.12. The SMILES string of the molecule is CCCCCCCCOc1ccc(-c2noc([C@@H]3[C@@H](CO)CCN3/C(=N/C(=O)OC(C)(C)C)NC(=O)OC(C)(C)C)n2)cc1C. The van der Waals surface area contributed by atoms with Gasteiger partial charge in [-0.3, -0.25) is 5.32 Å². The highest BCUT2D eigenvalue weighted by atomic mass is 16.6. The first kappa shape index (κ1) is 35.8. The van der Waals surface area contributed by atoms with Crippen molar-refractivity contribution < 1.29 is 33.4 Å². The van der Waals surface area contributed by atoms with Gasteiger partial charge in [-0.05, 0) is 85.1 Å². The van der Waals surface area contributed by atoms with E-state index >= 15 is 0 Å². The van der Waals surface area contributed by atoms with Crippen LogP contribution in [0.5, 0.6) is 5.75 Å². The summed E-state index contributed by atoms with van der Waals surface area (Å²) in [6.07, 6.45) is 6.03. The van der Waals surface area contributed by atoms with E-state index in [0.717, 1.165) is 29.7 Å². The Labute approximate surface area is 266 Å². The third kappa shape index (κ3) is 11.3. The summed E-state index contributed by atoms with van der Waals surface area (Å²) in [5.74, 6) is 0.967. The molecule has 0 bridgehead atoms. The Kier molecular flexibility index (Phi) is 12.8. The van der Waals surface area contributed by atoms with Crippen molar-refractivity contribution in [2.24, 2.45) is 10.9 Å². The lowest BCUT2D eigenvalue weighted by Crippen LogP contribution is -2.47. The van der Waals surface area contributed by atoms with E-state index in [9.17, 15) is 14.7 Å². The van der Waals surface area contributed by atoms with E-state index in [-0.39, 0.29) is 24.4 Å². The number of nitrogens with one attached hydrogen (secondary N) is 1. The number of aliphatic hydroxyl groups excluding tert-OH is 1. The zero-order chi connectivity index (χ0) is 33.2. The second-order valence-corrected chi connectivity index (χ2v) is 13.5. The Morgan fingerprint density at radius 1 is 1.07 bits per heavy atom. The van der Waals surface area contributed by atoms with Crippen molar-refractivity contribution in [2.45, 2.75) is 118 Å². The lowest BCUT2D eigenvalue weighted by atomic mass is 10.0. The molecule has 12 nitrogen and oxygen atoms in total. The summed E-state index contributed by atoms with van der Waals surface area (Å²) in [5.41, 5.74) is 0.111. The molecule has 1 aliphatic rings. The zero-order valence-corrected chi connectivity index (χ0v) is 28.1. The van der Waals surface area contributed by atoms with Crippen molar-refractivity contribution in [3.8, 4) is 17.1 Å². The second-order valence-electron chi connectivity index (χ2n) is 13.5. The number of aryl methyl sites for hydroxylation is 1. The molecule has 0 aliphatic carbocycles. The number of unbranched alkanes of at least 4 members (excludes halogenated alkanes) is 5. The number of aliphatic imine (C=N–C) groups is 1. The van der Waals surface area contributed by atoms with Crippen LogP contribution in [0.15, 0.2) is 27.7 Å². The number of hydrogen-bond acceptors (Lipinski definition) is 9. The molecule has 1 aliphatic heterocycles. The number of alkyl carbamates (subject to hydrolysis) is 1. The average Bonchev–Trinajstić information content (AvgIpc) is 3.58. The Morgan fingerprint density at radius 2 is 1.76 bits per heavy atom. The van der Waals surface area contributed by atoms with Crippen LogP contribution in [0.4, 0.5) is 9.59 Å². The molecule has 2 N–H and O–H groups in total. The number of aliphatic hydroxyl groups is 1. The maximum Gasteiger partial charge on any atom is 0.437 e. The van der Waals surface area contributed by atoms with Crippen LogP contribution in [0, 0.1) is 12.8 Å². The molecule has 1 aromatic carbocycles. The molecule has 1 saturated heterocycles. The number of guanidine groups is 1. The van der Waals surface area contributed by atoms with Gasteiger partial charge in [0.15, 0.2) is 0 Å². The van der Waals surface area contributed by atoms with Crippen molar-refractivity contribution in [2.75, 3.05) is 19.8 Å². The first-order valence-electron chi connectivity index (χ1n) is 16.0. The van der Waals surface area contributed by atoms with Gasteiger partial charge in [-0.25, -0.2) is 9.59 Å². The van der Waals surface area contributed by atoms with E-state index in [1.807, 2.05) is 25.1 Å². The molecule has 0 spiro atoms. The standard InChI is InChI=1S/C33H51N5O7/c1-9-10-11-12-13-14-19-42-25-16-15-23(20-22(25)2)27-34-28(45-37-27)26-24(21-39)17-18-38(26)29(35-30(40)43-32(3,4)5)36-31(41)44-33(6,7)8/h15-16,20,24,26,39H,9-14,17-19,21H2,1-8H3,(H,35,36,40,41)/t24-,26+/m1/s1. The first-order chi connectivity index (χ1) is 21.2. The van der Waals surface area contributed by atoms with Crippen molar-refractivity contribution >= 4 is 18.1 Å². The number of carbonyl (C=O) groups excluding carboxylic acids is 2. The van der Waals surface area contributed by atoms with Gasteiger partial charge in [-0.15, -0.1) is 4.99 Å². The Bertz CT molecular complexity index is 1300. The van der Waals surface area contributed by atoms with Gasteiger partial charge in [-0.1, -0.05) is 44.2 Å². The number of rotatable bonds is 11. The predicted octanol–water partition coefficient (Wildman–Crippen LogP) is 6.96. The van der Waals surface area contributed by atoms with Crippen molar-refractivity contribution in [3.05, 3.63) is 29.7 Å². The number of likely N-dealkylation sites (tertiary alicyclic amines) is 1. The molecule has 2 atom stereocenters. The molecule has 12 heteroatoms. The van der Waals surface area contributed by atoms with Crippen LogP contribution in [-0.4, -0.2) is 69.3 Å². The van der Waals surface area contributed by atoms with E-state index < -0.39 is 29.4 Å². The minimum absolute atomic E-state index is 0.0955. The number of benzene rings is 1. The monoisotopic (exact) mass is 629 g/mol. The van der Waals surface area contributed by atoms with E-state index in [0.29, 0.717) is 25.4 Å². The fourth-order valence-corrected chi connectivity index (χ4v) is 5.04. The quantitative estimate of drug-likeness (QED) is 0.152. The molecular formula is C33H51N5O7. The Balaban J connectivity index is 1.81. The topological polar surface area (TPSA) is 149 Å². The molecule has 250 valence electrons. The van der Waals surface area contributed by atoms with Crippen LogP contribution in [-0.2, 0) is 9.47 Å². The Hall–Kier alpha value is -3.67. The molecule has 45 heavy (non-hydrogen) atoms. The van der Waals surface area contributed by atoms with Crippen molar-refractivity contribution in [3.63, 3.8) is 0 Å². The van der Waals surface area contributed by atoms with E-state index in [1.165, 1.54) is 25.7 Å². The molecule has 0 radical (unpaired) electrons. The van der Waals surface area contributed by atoms with Gasteiger partial charge < -0.3 is 28.7 Å². The summed E-state index contributed by atoms with van der Waals surface area (Å²) in [5, 5.41) is 17.0. The summed E-state index contributed by atoms with van der Waals surface area (Å²) in [6, 6.07) is 5.06. The van der Waals surface area contributed by atoms with E-state index in [1.54, 1.807) is 46.4 Å². The molecule has 2 heterocycles. The first-order valence-corrected chi connectivity index (χ1v) is 16.0. The summed E-state index contributed by atoms with van der Waals surface area (Å²) in [6.45, 7) is 15.4. The number of hydrogen-bond donors (Lipinski definition) is 2. The van der Waals surface area contributed by atoms with Gasteiger partial charge in [0.25, 0.3) is 0 Å². The molecule has 3 rings (SSSR count). The van der Waals surface area contributed by atoms with Gasteiger partial charge >= 0.3 is 12.2 Å². The molecule has 2 amide bonds. The molecule has 0 saturated carbocycles. The van der Waals surface area contributed by atoms with Gasteiger partial charge in [0.2, 0.25) is 17.7 Å². The van der Waals surface area contributed by atoms with Crippen LogP contribution < -0.4 is 10.1 Å². The van der Waals surface area contributed by atoms with Crippen LogP contribution in [0.2, 0.25) is 0 Å². The summed E-state index contributed by atoms with van der Waals surface area (Å²) >= 11 is 0. The van der Waals surface area contributed by atoms with Crippen LogP contribution in [0.3, 0.4) is 0 Å². The molecule has 1 aromatic heterocycles. The number of ether oxygens (including phenoxy) is 3. The highest BCUT2D eigenvalue weighted by molar-refractivity contribution is 5.99. The van der Waals surface area contributed by atoms with Crippen molar-refractivity contribution in [1.29, 1.82) is 0 Å². The van der Waals surface area contributed by atoms with Crippen molar-refractivity contribution in [1.82, 2.24) is 20.4 Å². The fourth-order valence-electron chi connectivity index (χ4n) is 5.04. The number of nitrogens with zero attached hydrogens (tertiary/aromatic N) is 4. The smallest absolute Gasteiger partial charge is 0.437 e. The minimum Gasteiger partial charge on any atom is -0.493 e. The van der Waals surface area contributed by atoms with E-state index in [4.69, 9.17) is 18.7 Å². The normalized spacial score (nSPS) is 17.4. The maximum atomic E-state index is 12.8. The number of aromatic nitrogens is 2. The Morgan fingerprint density at radius 3 is 2.40 bits per heavy atom.